The molecule has 82 valence electrons. The van der Waals surface area contributed by atoms with Crippen LogP contribution in [0.2, 0.25) is 0 Å². The number of nitrogens with two attached hydrogens (primary N) is 1. The maximum atomic E-state index is 5.54. The monoisotopic (exact) mass is 216 g/mol. The summed E-state index contributed by atoms with van der Waals surface area (Å²) in [6.45, 7) is 3.94. The summed E-state index contributed by atoms with van der Waals surface area (Å²) in [5, 5.41) is 0. The van der Waals surface area contributed by atoms with Crippen LogP contribution in [0.1, 0.15) is 26.2 Å². The zero-order chi connectivity index (χ0) is 10.6. The van der Waals surface area contributed by atoms with Gasteiger partial charge in [-0.1, -0.05) is 12.2 Å². The van der Waals surface area contributed by atoms with Crippen molar-refractivity contribution >= 4 is 17.2 Å². The summed E-state index contributed by atoms with van der Waals surface area (Å²) in [6, 6.07) is 1.07. The summed E-state index contributed by atoms with van der Waals surface area (Å²) in [6.07, 6.45) is 3.06. The van der Waals surface area contributed by atoms with Crippen LogP contribution in [0.3, 0.4) is 0 Å². The SMILES string of the molecule is CC(CC(N)=S)N(C)C1CCOCC1. The van der Waals surface area contributed by atoms with Crippen molar-refractivity contribution in [2.75, 3.05) is 20.3 Å². The van der Waals surface area contributed by atoms with Crippen molar-refractivity contribution < 1.29 is 4.74 Å². The highest BCUT2D eigenvalue weighted by molar-refractivity contribution is 7.80. The second-order valence-electron chi connectivity index (χ2n) is 4.03. The van der Waals surface area contributed by atoms with Gasteiger partial charge in [-0.15, -0.1) is 0 Å². The summed E-state index contributed by atoms with van der Waals surface area (Å²) in [5.41, 5.74) is 5.54. The van der Waals surface area contributed by atoms with Crippen LogP contribution in [0.25, 0.3) is 0 Å². The lowest BCUT2D eigenvalue weighted by Crippen LogP contribution is -2.43. The number of thiocarbonyl (C=S) groups is 1. The number of nitrogens with zero attached hydrogens (tertiary/aromatic N) is 1. The summed E-state index contributed by atoms with van der Waals surface area (Å²) in [7, 11) is 2.15. The highest BCUT2D eigenvalue weighted by Gasteiger charge is 2.22. The van der Waals surface area contributed by atoms with Crippen LogP contribution in [0, 0.1) is 0 Å². The highest BCUT2D eigenvalue weighted by atomic mass is 32.1. The van der Waals surface area contributed by atoms with Gasteiger partial charge < -0.3 is 15.4 Å². The highest BCUT2D eigenvalue weighted by Crippen LogP contribution is 2.16. The zero-order valence-corrected chi connectivity index (χ0v) is 9.85. The summed E-state index contributed by atoms with van der Waals surface area (Å²) in [5.74, 6) is 0. The minimum Gasteiger partial charge on any atom is -0.393 e. The number of rotatable bonds is 4. The first-order chi connectivity index (χ1) is 6.61. The first-order valence-corrected chi connectivity index (χ1v) is 5.60. The molecule has 1 aliphatic rings. The van der Waals surface area contributed by atoms with Crippen LogP contribution >= 0.6 is 12.2 Å². The molecular weight excluding hydrogens is 196 g/mol. The average molecular weight is 216 g/mol. The molecule has 2 N–H and O–H groups in total. The lowest BCUT2D eigenvalue weighted by Gasteiger charge is -2.35. The first-order valence-electron chi connectivity index (χ1n) is 5.19. The van der Waals surface area contributed by atoms with Gasteiger partial charge in [0.25, 0.3) is 0 Å². The van der Waals surface area contributed by atoms with Crippen LogP contribution in [-0.4, -0.2) is 42.2 Å². The lowest BCUT2D eigenvalue weighted by molar-refractivity contribution is 0.0322. The van der Waals surface area contributed by atoms with Gasteiger partial charge in [-0.2, -0.15) is 0 Å². The van der Waals surface area contributed by atoms with E-state index in [1.54, 1.807) is 0 Å². The summed E-state index contributed by atoms with van der Waals surface area (Å²) < 4.78 is 5.33. The fourth-order valence-electron chi connectivity index (χ4n) is 1.89. The molecule has 1 aliphatic heterocycles. The molecule has 0 aromatic rings. The van der Waals surface area contributed by atoms with Gasteiger partial charge in [-0.3, -0.25) is 0 Å². The average Bonchev–Trinajstić information content (AvgIpc) is 2.17. The molecule has 0 aliphatic carbocycles. The van der Waals surface area contributed by atoms with E-state index in [9.17, 15) is 0 Å². The van der Waals surface area contributed by atoms with Crippen molar-refractivity contribution in [3.05, 3.63) is 0 Å². The van der Waals surface area contributed by atoms with Crippen LogP contribution < -0.4 is 5.73 Å². The minimum absolute atomic E-state index is 0.440. The molecule has 0 aromatic carbocycles. The van der Waals surface area contributed by atoms with E-state index in [0.717, 1.165) is 32.5 Å². The Morgan fingerprint density at radius 1 is 1.57 bits per heavy atom. The van der Waals surface area contributed by atoms with E-state index in [4.69, 9.17) is 22.7 Å². The molecule has 4 heteroatoms. The molecule has 1 atom stereocenters. The predicted octanol–water partition coefficient (Wildman–Crippen LogP) is 1.16. The van der Waals surface area contributed by atoms with Crippen LogP contribution in [-0.2, 0) is 4.74 Å². The molecular formula is C10H20N2OS. The maximum absolute atomic E-state index is 5.54. The molecule has 1 saturated heterocycles. The Hall–Kier alpha value is -0.190. The Kier molecular flexibility index (Phi) is 4.78. The molecule has 0 bridgehead atoms. The first kappa shape index (κ1) is 11.9. The van der Waals surface area contributed by atoms with Gasteiger partial charge >= 0.3 is 0 Å². The molecule has 0 radical (unpaired) electrons. The van der Waals surface area contributed by atoms with E-state index in [0.29, 0.717) is 17.1 Å². The fraction of sp³-hybridized carbons (Fsp3) is 0.900. The molecule has 0 aromatic heterocycles. The predicted molar refractivity (Wildman–Crippen MR) is 62.5 cm³/mol. The fourth-order valence-corrected chi connectivity index (χ4v) is 2.13. The normalized spacial score (nSPS) is 21.1. The Morgan fingerprint density at radius 2 is 2.14 bits per heavy atom. The van der Waals surface area contributed by atoms with Crippen LogP contribution in [0.15, 0.2) is 0 Å². The molecule has 0 saturated carbocycles. The zero-order valence-electron chi connectivity index (χ0n) is 9.03. The maximum Gasteiger partial charge on any atom is 0.0742 e. The number of hydrogen-bond acceptors (Lipinski definition) is 3. The van der Waals surface area contributed by atoms with Gasteiger partial charge in [0.2, 0.25) is 0 Å². The molecule has 1 unspecified atom stereocenters. The van der Waals surface area contributed by atoms with Gasteiger partial charge in [-0.05, 0) is 26.8 Å². The van der Waals surface area contributed by atoms with Crippen molar-refractivity contribution in [3.8, 4) is 0 Å². The van der Waals surface area contributed by atoms with Gasteiger partial charge in [-0.25, -0.2) is 0 Å². The molecule has 1 fully saturated rings. The second-order valence-corrected chi connectivity index (χ2v) is 4.55. The van der Waals surface area contributed by atoms with E-state index >= 15 is 0 Å². The van der Waals surface area contributed by atoms with Gasteiger partial charge in [0, 0.05) is 31.7 Å². The van der Waals surface area contributed by atoms with Crippen molar-refractivity contribution in [1.29, 1.82) is 0 Å². The standard InChI is InChI=1S/C10H20N2OS/c1-8(7-10(11)14)12(2)9-3-5-13-6-4-9/h8-9H,3-7H2,1-2H3,(H2,11,14). The Morgan fingerprint density at radius 3 is 2.64 bits per heavy atom. The van der Waals surface area contributed by atoms with Gasteiger partial charge in [0.1, 0.15) is 0 Å². The molecule has 3 nitrogen and oxygen atoms in total. The summed E-state index contributed by atoms with van der Waals surface area (Å²) in [4.78, 5) is 2.98. The van der Waals surface area contributed by atoms with Gasteiger partial charge in [0.05, 0.1) is 4.99 Å². The largest absolute Gasteiger partial charge is 0.393 e. The number of hydrogen-bond donors (Lipinski definition) is 1. The quantitative estimate of drug-likeness (QED) is 0.716. The second kappa shape index (κ2) is 5.63. The third-order valence-electron chi connectivity index (χ3n) is 2.96. The van der Waals surface area contributed by atoms with Crippen LogP contribution in [0.4, 0.5) is 0 Å². The lowest BCUT2D eigenvalue weighted by atomic mass is 10.0. The van der Waals surface area contributed by atoms with E-state index in [1.165, 1.54) is 0 Å². The van der Waals surface area contributed by atoms with E-state index in [1.807, 2.05) is 0 Å². The smallest absolute Gasteiger partial charge is 0.0742 e. The van der Waals surface area contributed by atoms with Crippen molar-refractivity contribution in [1.82, 2.24) is 4.90 Å². The van der Waals surface area contributed by atoms with E-state index in [-0.39, 0.29) is 0 Å². The third-order valence-corrected chi connectivity index (χ3v) is 3.13. The summed E-state index contributed by atoms with van der Waals surface area (Å²) >= 11 is 4.92. The molecule has 14 heavy (non-hydrogen) atoms. The molecule has 1 heterocycles. The van der Waals surface area contributed by atoms with E-state index < -0.39 is 0 Å². The minimum atomic E-state index is 0.440. The Balaban J connectivity index is 2.37. The van der Waals surface area contributed by atoms with E-state index in [2.05, 4.69) is 18.9 Å². The van der Waals surface area contributed by atoms with Crippen LogP contribution in [0.5, 0.6) is 0 Å². The molecule has 1 rings (SSSR count). The molecule has 0 amide bonds. The van der Waals surface area contributed by atoms with Gasteiger partial charge in [0.15, 0.2) is 0 Å². The van der Waals surface area contributed by atoms with Crippen molar-refractivity contribution in [2.24, 2.45) is 5.73 Å². The van der Waals surface area contributed by atoms with Crippen molar-refractivity contribution in [3.63, 3.8) is 0 Å². The van der Waals surface area contributed by atoms with Crippen molar-refractivity contribution in [2.45, 2.75) is 38.3 Å². The third kappa shape index (κ3) is 3.52. The topological polar surface area (TPSA) is 38.5 Å². The number of ether oxygens (including phenoxy) is 1. The Labute approximate surface area is 91.6 Å². The molecule has 0 spiro atoms. The Bertz CT molecular complexity index is 193.